The lowest BCUT2D eigenvalue weighted by Gasteiger charge is -2.01. The van der Waals surface area contributed by atoms with E-state index in [1.165, 1.54) is 24.3 Å². The molecule has 0 saturated heterocycles. The summed E-state index contributed by atoms with van der Waals surface area (Å²) in [6.07, 6.45) is 2.98. The van der Waals surface area contributed by atoms with E-state index in [2.05, 4.69) is 5.32 Å². The summed E-state index contributed by atoms with van der Waals surface area (Å²) >= 11 is 5.76. The van der Waals surface area contributed by atoms with Gasteiger partial charge in [0.05, 0.1) is 4.92 Å². The van der Waals surface area contributed by atoms with E-state index < -0.39 is 4.92 Å². The van der Waals surface area contributed by atoms with Crippen LogP contribution in [0, 0.1) is 10.1 Å². The van der Waals surface area contributed by atoms with Gasteiger partial charge in [0, 0.05) is 28.9 Å². The number of anilines is 1. The molecule has 0 saturated carbocycles. The molecule has 0 heterocycles. The van der Waals surface area contributed by atoms with Gasteiger partial charge in [-0.2, -0.15) is 0 Å². The molecule has 5 nitrogen and oxygen atoms in total. The lowest BCUT2D eigenvalue weighted by molar-refractivity contribution is -0.384. The van der Waals surface area contributed by atoms with Gasteiger partial charge < -0.3 is 5.32 Å². The fourth-order valence-electron chi connectivity index (χ4n) is 1.63. The van der Waals surface area contributed by atoms with Crippen molar-refractivity contribution in [2.24, 2.45) is 0 Å². The molecule has 0 aromatic heterocycles. The SMILES string of the molecule is O=C(C=Cc1ccc(Cl)cc1)Nc1cccc([N+](=O)[O-])c1. The van der Waals surface area contributed by atoms with Crippen LogP contribution in [0.15, 0.2) is 54.6 Å². The van der Waals surface area contributed by atoms with Gasteiger partial charge in [0.1, 0.15) is 0 Å². The van der Waals surface area contributed by atoms with Gasteiger partial charge in [-0.25, -0.2) is 0 Å². The monoisotopic (exact) mass is 302 g/mol. The first-order valence-corrected chi connectivity index (χ1v) is 6.41. The second-order valence-electron chi connectivity index (χ2n) is 4.18. The van der Waals surface area contributed by atoms with Crippen LogP contribution in [0.4, 0.5) is 11.4 Å². The molecule has 0 bridgehead atoms. The minimum atomic E-state index is -0.515. The summed E-state index contributed by atoms with van der Waals surface area (Å²) in [5, 5.41) is 13.8. The van der Waals surface area contributed by atoms with Crippen molar-refractivity contribution < 1.29 is 9.72 Å². The number of non-ortho nitro benzene ring substituents is 1. The largest absolute Gasteiger partial charge is 0.322 e. The molecule has 2 rings (SSSR count). The number of carbonyl (C=O) groups is 1. The van der Waals surface area contributed by atoms with Gasteiger partial charge in [-0.05, 0) is 29.8 Å². The average Bonchev–Trinajstić information content (AvgIpc) is 2.47. The highest BCUT2D eigenvalue weighted by molar-refractivity contribution is 6.30. The second-order valence-corrected chi connectivity index (χ2v) is 4.62. The molecule has 0 spiro atoms. The highest BCUT2D eigenvalue weighted by atomic mass is 35.5. The van der Waals surface area contributed by atoms with Crippen LogP contribution in [0.3, 0.4) is 0 Å². The van der Waals surface area contributed by atoms with Crippen molar-refractivity contribution in [3.63, 3.8) is 0 Å². The molecule has 0 radical (unpaired) electrons. The van der Waals surface area contributed by atoms with Gasteiger partial charge in [-0.15, -0.1) is 0 Å². The molecule has 6 heteroatoms. The van der Waals surface area contributed by atoms with E-state index in [1.54, 1.807) is 36.4 Å². The summed E-state index contributed by atoms with van der Waals surface area (Å²) < 4.78 is 0. The van der Waals surface area contributed by atoms with Crippen LogP contribution >= 0.6 is 11.6 Å². The predicted octanol–water partition coefficient (Wildman–Crippen LogP) is 3.90. The Bertz CT molecular complexity index is 696. The van der Waals surface area contributed by atoms with Crippen molar-refractivity contribution >= 4 is 35.0 Å². The standard InChI is InChI=1S/C15H11ClN2O3/c16-12-7-4-11(5-8-12)6-9-15(19)17-13-2-1-3-14(10-13)18(20)21/h1-10H,(H,17,19). The van der Waals surface area contributed by atoms with E-state index in [0.717, 1.165) is 5.56 Å². The van der Waals surface area contributed by atoms with Crippen LogP contribution < -0.4 is 5.32 Å². The van der Waals surface area contributed by atoms with E-state index in [9.17, 15) is 14.9 Å². The molecule has 1 amide bonds. The number of nitrogens with one attached hydrogen (secondary N) is 1. The van der Waals surface area contributed by atoms with E-state index in [4.69, 9.17) is 11.6 Å². The first-order chi connectivity index (χ1) is 10.0. The molecule has 0 fully saturated rings. The fourth-order valence-corrected chi connectivity index (χ4v) is 1.75. The molecule has 2 aromatic carbocycles. The van der Waals surface area contributed by atoms with Crippen LogP contribution in [0.5, 0.6) is 0 Å². The smallest absolute Gasteiger partial charge is 0.271 e. The lowest BCUT2D eigenvalue weighted by atomic mass is 10.2. The maximum absolute atomic E-state index is 11.7. The summed E-state index contributed by atoms with van der Waals surface area (Å²) in [4.78, 5) is 21.9. The highest BCUT2D eigenvalue weighted by Crippen LogP contribution is 2.17. The maximum atomic E-state index is 11.7. The number of amides is 1. The lowest BCUT2D eigenvalue weighted by Crippen LogP contribution is -2.07. The zero-order valence-electron chi connectivity index (χ0n) is 10.8. The summed E-state index contributed by atoms with van der Waals surface area (Å²) in [7, 11) is 0. The van der Waals surface area contributed by atoms with E-state index in [1.807, 2.05) is 0 Å². The molecule has 2 aromatic rings. The molecule has 21 heavy (non-hydrogen) atoms. The molecule has 0 atom stereocenters. The summed E-state index contributed by atoms with van der Waals surface area (Å²) in [6, 6.07) is 12.8. The van der Waals surface area contributed by atoms with Crippen molar-refractivity contribution in [2.45, 2.75) is 0 Å². The Balaban J connectivity index is 2.03. The van der Waals surface area contributed by atoms with Gasteiger partial charge in [0.25, 0.3) is 5.69 Å². The van der Waals surface area contributed by atoms with Gasteiger partial charge in [0.2, 0.25) is 5.91 Å². The number of carbonyl (C=O) groups excluding carboxylic acids is 1. The normalized spacial score (nSPS) is 10.5. The van der Waals surface area contributed by atoms with Crippen molar-refractivity contribution in [1.29, 1.82) is 0 Å². The third-order valence-corrected chi connectivity index (χ3v) is 2.87. The molecule has 1 N–H and O–H groups in total. The first-order valence-electron chi connectivity index (χ1n) is 6.04. The molecule has 0 aliphatic carbocycles. The molecular formula is C15H11ClN2O3. The minimum absolute atomic E-state index is 0.0746. The molecule has 0 unspecified atom stereocenters. The highest BCUT2D eigenvalue weighted by Gasteiger charge is 2.06. The van der Waals surface area contributed by atoms with Gasteiger partial charge in [-0.3, -0.25) is 14.9 Å². The second kappa shape index (κ2) is 6.67. The molecule has 0 aliphatic heterocycles. The maximum Gasteiger partial charge on any atom is 0.271 e. The topological polar surface area (TPSA) is 72.2 Å². The van der Waals surface area contributed by atoms with Crippen molar-refractivity contribution in [3.8, 4) is 0 Å². The first kappa shape index (κ1) is 14.7. The minimum Gasteiger partial charge on any atom is -0.322 e. The molecule has 106 valence electrons. The number of hydrogen-bond donors (Lipinski definition) is 1. The third kappa shape index (κ3) is 4.43. The van der Waals surface area contributed by atoms with E-state index in [-0.39, 0.29) is 11.6 Å². The summed E-state index contributed by atoms with van der Waals surface area (Å²) in [5.74, 6) is -0.370. The summed E-state index contributed by atoms with van der Waals surface area (Å²) in [6.45, 7) is 0. The number of nitro groups is 1. The van der Waals surface area contributed by atoms with Crippen LogP contribution in [-0.4, -0.2) is 10.8 Å². The van der Waals surface area contributed by atoms with Crippen molar-refractivity contribution in [2.75, 3.05) is 5.32 Å². The Morgan fingerprint density at radius 2 is 1.90 bits per heavy atom. The third-order valence-electron chi connectivity index (χ3n) is 2.62. The van der Waals surface area contributed by atoms with E-state index >= 15 is 0 Å². The van der Waals surface area contributed by atoms with Gasteiger partial charge in [0.15, 0.2) is 0 Å². The van der Waals surface area contributed by atoms with Crippen LogP contribution in [0.2, 0.25) is 5.02 Å². The number of nitrogens with zero attached hydrogens (tertiary/aromatic N) is 1. The Labute approximate surface area is 126 Å². The summed E-state index contributed by atoms with van der Waals surface area (Å²) in [5.41, 5.74) is 1.12. The Morgan fingerprint density at radius 3 is 2.57 bits per heavy atom. The van der Waals surface area contributed by atoms with Crippen molar-refractivity contribution in [3.05, 3.63) is 75.3 Å². The van der Waals surface area contributed by atoms with Crippen LogP contribution in [-0.2, 0) is 4.79 Å². The Hall–Kier alpha value is -2.66. The molecular weight excluding hydrogens is 292 g/mol. The number of hydrogen-bond acceptors (Lipinski definition) is 3. The van der Waals surface area contributed by atoms with Crippen LogP contribution in [0.1, 0.15) is 5.56 Å². The number of rotatable bonds is 4. The zero-order valence-corrected chi connectivity index (χ0v) is 11.6. The van der Waals surface area contributed by atoms with Crippen molar-refractivity contribution in [1.82, 2.24) is 0 Å². The number of benzene rings is 2. The van der Waals surface area contributed by atoms with Gasteiger partial charge in [-0.1, -0.05) is 29.8 Å². The average molecular weight is 303 g/mol. The Morgan fingerprint density at radius 1 is 1.19 bits per heavy atom. The molecule has 0 aliphatic rings. The zero-order chi connectivity index (χ0) is 15.2. The number of nitro benzene ring substituents is 1. The van der Waals surface area contributed by atoms with Gasteiger partial charge >= 0.3 is 0 Å². The van der Waals surface area contributed by atoms with E-state index in [0.29, 0.717) is 10.7 Å². The number of halogens is 1. The fraction of sp³-hybridized carbons (Fsp3) is 0. The Kier molecular flexibility index (Phi) is 4.68. The quantitative estimate of drug-likeness (QED) is 0.529. The van der Waals surface area contributed by atoms with Crippen LogP contribution in [0.25, 0.3) is 6.08 Å². The predicted molar refractivity (Wildman–Crippen MR) is 82.2 cm³/mol.